The highest BCUT2D eigenvalue weighted by molar-refractivity contribution is 5.80. The van der Waals surface area contributed by atoms with E-state index in [1.807, 2.05) is 32.9 Å². The lowest BCUT2D eigenvalue weighted by atomic mass is 10.2. The Morgan fingerprint density at radius 2 is 2.00 bits per heavy atom. The van der Waals surface area contributed by atoms with E-state index >= 15 is 0 Å². The lowest BCUT2D eigenvalue weighted by molar-refractivity contribution is -0.384. The SMILES string of the molecule is C=C(C)CNC(=NCc1ccc([N+](=O)[O-])cc1)NC(C)c1ccc(C)o1. The Balaban J connectivity index is 2.08. The van der Waals surface area contributed by atoms with Crippen LogP contribution in [0.15, 0.2) is 58.0 Å². The van der Waals surface area contributed by atoms with Gasteiger partial charge in [-0.3, -0.25) is 10.1 Å². The summed E-state index contributed by atoms with van der Waals surface area (Å²) < 4.78 is 5.64. The largest absolute Gasteiger partial charge is 0.464 e. The van der Waals surface area contributed by atoms with Gasteiger partial charge in [-0.05, 0) is 38.5 Å². The molecule has 138 valence electrons. The average Bonchev–Trinajstić information content (AvgIpc) is 3.04. The standard InChI is InChI=1S/C19H24N4O3/c1-13(2)11-20-19(22-15(4)18-10-5-14(3)26-18)21-12-16-6-8-17(9-7-16)23(24)25/h5-10,15H,1,11-12H2,2-4H3,(H2,20,21,22). The molecule has 7 heteroatoms. The van der Waals surface area contributed by atoms with Gasteiger partial charge in [-0.15, -0.1) is 0 Å². The molecule has 0 aliphatic heterocycles. The molecule has 1 heterocycles. The molecular formula is C19H24N4O3. The van der Waals surface area contributed by atoms with Crippen molar-refractivity contribution < 1.29 is 9.34 Å². The number of rotatable bonds is 7. The summed E-state index contributed by atoms with van der Waals surface area (Å²) in [7, 11) is 0. The van der Waals surface area contributed by atoms with E-state index < -0.39 is 4.92 Å². The number of benzene rings is 1. The summed E-state index contributed by atoms with van der Waals surface area (Å²) in [6, 6.07) is 10.2. The third-order valence-electron chi connectivity index (χ3n) is 3.67. The molecule has 0 aliphatic carbocycles. The molecular weight excluding hydrogens is 332 g/mol. The molecule has 0 radical (unpaired) electrons. The Kier molecular flexibility index (Phi) is 6.54. The van der Waals surface area contributed by atoms with E-state index in [1.54, 1.807) is 12.1 Å². The molecule has 1 unspecified atom stereocenters. The Morgan fingerprint density at radius 3 is 2.54 bits per heavy atom. The maximum Gasteiger partial charge on any atom is 0.269 e. The number of nitro groups is 1. The van der Waals surface area contributed by atoms with Crippen LogP contribution < -0.4 is 10.6 Å². The highest BCUT2D eigenvalue weighted by Crippen LogP contribution is 2.16. The van der Waals surface area contributed by atoms with E-state index in [2.05, 4.69) is 22.2 Å². The van der Waals surface area contributed by atoms with Crippen molar-refractivity contribution in [2.75, 3.05) is 6.54 Å². The van der Waals surface area contributed by atoms with Crippen molar-refractivity contribution in [2.45, 2.75) is 33.4 Å². The van der Waals surface area contributed by atoms with E-state index in [0.29, 0.717) is 19.0 Å². The van der Waals surface area contributed by atoms with Crippen LogP contribution in [0, 0.1) is 17.0 Å². The number of nitrogens with zero attached hydrogens (tertiary/aromatic N) is 2. The van der Waals surface area contributed by atoms with Crippen molar-refractivity contribution in [2.24, 2.45) is 4.99 Å². The topological polar surface area (TPSA) is 92.7 Å². The first kappa shape index (κ1) is 19.2. The van der Waals surface area contributed by atoms with Crippen molar-refractivity contribution in [3.05, 3.63) is 75.7 Å². The van der Waals surface area contributed by atoms with Gasteiger partial charge in [0.2, 0.25) is 0 Å². The predicted octanol–water partition coefficient (Wildman–Crippen LogP) is 3.87. The number of aryl methyl sites for hydroxylation is 1. The Bertz CT molecular complexity index is 793. The van der Waals surface area contributed by atoms with Crippen LogP contribution in [0.2, 0.25) is 0 Å². The lowest BCUT2D eigenvalue weighted by Crippen LogP contribution is -2.39. The summed E-state index contributed by atoms with van der Waals surface area (Å²) in [4.78, 5) is 14.9. The number of non-ortho nitro benzene ring substituents is 1. The molecule has 2 N–H and O–H groups in total. The van der Waals surface area contributed by atoms with Gasteiger partial charge in [0.25, 0.3) is 5.69 Å². The van der Waals surface area contributed by atoms with Crippen LogP contribution in [0.1, 0.15) is 37.0 Å². The Morgan fingerprint density at radius 1 is 1.31 bits per heavy atom. The zero-order chi connectivity index (χ0) is 19.1. The fourth-order valence-corrected chi connectivity index (χ4v) is 2.24. The first-order chi connectivity index (χ1) is 12.3. The molecule has 0 aliphatic rings. The molecule has 7 nitrogen and oxygen atoms in total. The van der Waals surface area contributed by atoms with Gasteiger partial charge in [-0.1, -0.05) is 24.3 Å². The Hall–Kier alpha value is -3.09. The minimum absolute atomic E-state index is 0.0584. The van der Waals surface area contributed by atoms with Gasteiger partial charge in [-0.2, -0.15) is 0 Å². The van der Waals surface area contributed by atoms with Crippen LogP contribution in [-0.2, 0) is 6.54 Å². The molecule has 1 aromatic heterocycles. The highest BCUT2D eigenvalue weighted by Gasteiger charge is 2.11. The number of guanidine groups is 1. The van der Waals surface area contributed by atoms with Gasteiger partial charge >= 0.3 is 0 Å². The molecule has 0 bridgehead atoms. The van der Waals surface area contributed by atoms with E-state index in [0.717, 1.165) is 22.7 Å². The molecule has 1 atom stereocenters. The van der Waals surface area contributed by atoms with Crippen LogP contribution >= 0.6 is 0 Å². The van der Waals surface area contributed by atoms with Crippen LogP contribution in [0.25, 0.3) is 0 Å². The second kappa shape index (κ2) is 8.84. The summed E-state index contributed by atoms with van der Waals surface area (Å²) >= 11 is 0. The number of hydrogen-bond acceptors (Lipinski definition) is 4. The van der Waals surface area contributed by atoms with Crippen molar-refractivity contribution in [1.82, 2.24) is 10.6 Å². The van der Waals surface area contributed by atoms with E-state index in [1.165, 1.54) is 12.1 Å². The zero-order valence-electron chi connectivity index (χ0n) is 15.3. The highest BCUT2D eigenvalue weighted by atomic mass is 16.6. The molecule has 0 fully saturated rings. The minimum atomic E-state index is -0.415. The van der Waals surface area contributed by atoms with Gasteiger partial charge in [-0.25, -0.2) is 4.99 Å². The normalized spacial score (nSPS) is 12.5. The summed E-state index contributed by atoms with van der Waals surface area (Å²) in [6.45, 7) is 10.7. The summed E-state index contributed by atoms with van der Waals surface area (Å²) in [5.74, 6) is 2.29. The molecule has 2 aromatic rings. The predicted molar refractivity (Wildman–Crippen MR) is 102 cm³/mol. The number of nitro benzene ring substituents is 1. The van der Waals surface area contributed by atoms with Crippen molar-refractivity contribution in [3.8, 4) is 0 Å². The maximum atomic E-state index is 10.7. The van der Waals surface area contributed by atoms with Crippen molar-refractivity contribution in [1.29, 1.82) is 0 Å². The third-order valence-corrected chi connectivity index (χ3v) is 3.67. The first-order valence-electron chi connectivity index (χ1n) is 8.34. The number of aliphatic imine (C=N–C) groups is 1. The molecule has 26 heavy (non-hydrogen) atoms. The van der Waals surface area contributed by atoms with Gasteiger partial charge in [0.15, 0.2) is 5.96 Å². The van der Waals surface area contributed by atoms with Gasteiger partial charge in [0.05, 0.1) is 17.5 Å². The molecule has 0 saturated carbocycles. The lowest BCUT2D eigenvalue weighted by Gasteiger charge is -2.17. The average molecular weight is 356 g/mol. The van der Waals surface area contributed by atoms with Gasteiger partial charge in [0, 0.05) is 18.7 Å². The number of furan rings is 1. The summed E-state index contributed by atoms with van der Waals surface area (Å²) in [5, 5.41) is 17.2. The van der Waals surface area contributed by atoms with Gasteiger partial charge < -0.3 is 15.1 Å². The van der Waals surface area contributed by atoms with Crippen molar-refractivity contribution in [3.63, 3.8) is 0 Å². The van der Waals surface area contributed by atoms with Crippen LogP contribution in [0.5, 0.6) is 0 Å². The Labute approximate surface area is 153 Å². The van der Waals surface area contributed by atoms with Gasteiger partial charge in [0.1, 0.15) is 11.5 Å². The van der Waals surface area contributed by atoms with Crippen LogP contribution in [0.3, 0.4) is 0 Å². The fourth-order valence-electron chi connectivity index (χ4n) is 2.24. The van der Waals surface area contributed by atoms with E-state index in [4.69, 9.17) is 4.42 Å². The van der Waals surface area contributed by atoms with Crippen LogP contribution in [0.4, 0.5) is 5.69 Å². The monoisotopic (exact) mass is 356 g/mol. The van der Waals surface area contributed by atoms with E-state index in [9.17, 15) is 10.1 Å². The zero-order valence-corrected chi connectivity index (χ0v) is 15.3. The molecule has 0 saturated heterocycles. The number of hydrogen-bond donors (Lipinski definition) is 2. The third kappa shape index (κ3) is 5.77. The first-order valence-corrected chi connectivity index (χ1v) is 8.34. The summed E-state index contributed by atoms with van der Waals surface area (Å²) in [6.07, 6.45) is 0. The summed E-state index contributed by atoms with van der Waals surface area (Å²) in [5.41, 5.74) is 1.93. The molecule has 2 rings (SSSR count). The quantitative estimate of drug-likeness (QED) is 0.258. The molecule has 0 amide bonds. The number of nitrogens with one attached hydrogen (secondary N) is 2. The minimum Gasteiger partial charge on any atom is -0.464 e. The molecule has 1 aromatic carbocycles. The molecule has 0 spiro atoms. The second-order valence-corrected chi connectivity index (χ2v) is 6.21. The van der Waals surface area contributed by atoms with E-state index in [-0.39, 0.29) is 11.7 Å². The smallest absolute Gasteiger partial charge is 0.269 e. The second-order valence-electron chi connectivity index (χ2n) is 6.21. The maximum absolute atomic E-state index is 10.7. The fraction of sp³-hybridized carbons (Fsp3) is 0.316. The van der Waals surface area contributed by atoms with Crippen molar-refractivity contribution >= 4 is 11.6 Å². The van der Waals surface area contributed by atoms with Crippen LogP contribution in [-0.4, -0.2) is 17.4 Å².